The summed E-state index contributed by atoms with van der Waals surface area (Å²) in [4.78, 5) is 36.0. The Morgan fingerprint density at radius 2 is 1.89 bits per heavy atom. The first-order valence-electron chi connectivity index (χ1n) is 5.01. The van der Waals surface area contributed by atoms with Crippen molar-refractivity contribution < 1.29 is 23.9 Å². The van der Waals surface area contributed by atoms with Crippen LogP contribution in [-0.2, 0) is 4.79 Å². The molecule has 0 radical (unpaired) electrons. The fourth-order valence-corrected chi connectivity index (χ4v) is 1.75. The molecule has 1 aromatic heterocycles. The van der Waals surface area contributed by atoms with Gasteiger partial charge in [-0.05, 0) is 12.1 Å². The van der Waals surface area contributed by atoms with Gasteiger partial charge in [0, 0.05) is 18.5 Å². The van der Waals surface area contributed by atoms with Crippen LogP contribution in [0.3, 0.4) is 0 Å². The van der Waals surface area contributed by atoms with Crippen molar-refractivity contribution in [2.45, 2.75) is 6.92 Å². The van der Waals surface area contributed by atoms with E-state index in [4.69, 9.17) is 5.11 Å². The highest BCUT2D eigenvalue weighted by atomic mass is 19.1. The maximum absolute atomic E-state index is 13.7. The van der Waals surface area contributed by atoms with Crippen LogP contribution in [0, 0.1) is 5.82 Å². The smallest absolute Gasteiger partial charge is 0.337 e. The second-order valence-corrected chi connectivity index (χ2v) is 3.74. The van der Waals surface area contributed by atoms with E-state index in [-0.39, 0.29) is 22.0 Å². The normalized spacial score (nSPS) is 10.6. The minimum absolute atomic E-state index is 0.00731. The number of hydrogen-bond donors (Lipinski definition) is 2. The highest BCUT2D eigenvalue weighted by Gasteiger charge is 2.21. The summed E-state index contributed by atoms with van der Waals surface area (Å²) in [6.45, 7) is 1.07. The maximum atomic E-state index is 13.7. The highest BCUT2D eigenvalue weighted by molar-refractivity contribution is 6.45. The summed E-state index contributed by atoms with van der Waals surface area (Å²) in [7, 11) is 0. The third kappa shape index (κ3) is 1.67. The number of fused-ring (bicyclic) bond motifs is 1. The number of nitrogens with one attached hydrogen (secondary N) is 1. The molecule has 0 unspecified atom stereocenters. The third-order valence-corrected chi connectivity index (χ3v) is 2.58. The van der Waals surface area contributed by atoms with E-state index in [2.05, 4.69) is 4.98 Å². The predicted octanol–water partition coefficient (Wildman–Crippen LogP) is 1.78. The standard InChI is InChI=1S/C12H8FNO4/c1-5(15)11(16)7-4-14-10-6(12(17)18)2-3-8(13)9(7)10/h2-4,14H,1H3,(H,17,18). The minimum Gasteiger partial charge on any atom is -0.478 e. The van der Waals surface area contributed by atoms with E-state index < -0.39 is 23.4 Å². The number of carbonyl (C=O) groups is 3. The summed E-state index contributed by atoms with van der Waals surface area (Å²) in [5, 5.41) is 8.77. The number of aromatic carboxylic acids is 1. The zero-order valence-corrected chi connectivity index (χ0v) is 9.28. The molecule has 2 rings (SSSR count). The molecule has 6 heteroatoms. The monoisotopic (exact) mass is 249 g/mol. The van der Waals surface area contributed by atoms with Crippen LogP contribution in [0.25, 0.3) is 10.9 Å². The Hall–Kier alpha value is -2.50. The number of H-pyrrole nitrogens is 1. The third-order valence-electron chi connectivity index (χ3n) is 2.58. The average molecular weight is 249 g/mol. The molecule has 0 saturated carbocycles. The molecular weight excluding hydrogens is 241 g/mol. The lowest BCUT2D eigenvalue weighted by atomic mass is 10.0. The van der Waals surface area contributed by atoms with Gasteiger partial charge in [0.25, 0.3) is 0 Å². The van der Waals surface area contributed by atoms with Crippen molar-refractivity contribution in [1.29, 1.82) is 0 Å². The lowest BCUT2D eigenvalue weighted by Crippen LogP contribution is -2.09. The number of benzene rings is 1. The number of carboxylic acid groups (broad SMARTS) is 1. The zero-order chi connectivity index (χ0) is 13.4. The quantitative estimate of drug-likeness (QED) is 0.641. The molecule has 0 aliphatic rings. The summed E-state index contributed by atoms with van der Waals surface area (Å²) in [6.07, 6.45) is 1.14. The van der Waals surface area contributed by atoms with E-state index in [1.807, 2.05) is 0 Å². The second-order valence-electron chi connectivity index (χ2n) is 3.74. The van der Waals surface area contributed by atoms with E-state index in [1.165, 1.54) is 0 Å². The van der Waals surface area contributed by atoms with Gasteiger partial charge in [0.05, 0.1) is 16.6 Å². The number of carbonyl (C=O) groups excluding carboxylic acids is 2. The Balaban J connectivity index is 2.81. The number of Topliss-reactive ketones (excluding diaryl/α,β-unsaturated/α-hetero) is 2. The van der Waals surface area contributed by atoms with Gasteiger partial charge in [-0.15, -0.1) is 0 Å². The highest BCUT2D eigenvalue weighted by Crippen LogP contribution is 2.25. The molecule has 0 bridgehead atoms. The van der Waals surface area contributed by atoms with Crippen LogP contribution in [0.1, 0.15) is 27.6 Å². The number of aromatic amines is 1. The molecule has 18 heavy (non-hydrogen) atoms. The molecule has 0 amide bonds. The number of aromatic nitrogens is 1. The first kappa shape index (κ1) is 12.0. The Kier molecular flexibility index (Phi) is 2.70. The Bertz CT molecular complexity index is 687. The van der Waals surface area contributed by atoms with Gasteiger partial charge in [0.1, 0.15) is 5.82 Å². The van der Waals surface area contributed by atoms with E-state index in [1.54, 1.807) is 0 Å². The van der Waals surface area contributed by atoms with Crippen molar-refractivity contribution >= 4 is 28.4 Å². The number of ketones is 2. The molecule has 92 valence electrons. The summed E-state index contributed by atoms with van der Waals surface area (Å²) in [5.74, 6) is -3.59. The molecule has 0 aliphatic heterocycles. The molecule has 1 heterocycles. The summed E-state index contributed by atoms with van der Waals surface area (Å²) in [6, 6.07) is 2.05. The molecule has 0 aliphatic carbocycles. The molecule has 1 aromatic carbocycles. The van der Waals surface area contributed by atoms with Crippen LogP contribution in [-0.4, -0.2) is 27.6 Å². The molecular formula is C12H8FNO4. The number of halogens is 1. The first-order chi connectivity index (χ1) is 8.43. The molecule has 0 fully saturated rings. The molecule has 2 aromatic rings. The van der Waals surface area contributed by atoms with Gasteiger partial charge >= 0.3 is 5.97 Å². The Labute approximate surface area is 100 Å². The van der Waals surface area contributed by atoms with E-state index in [0.29, 0.717) is 0 Å². The molecule has 0 atom stereocenters. The van der Waals surface area contributed by atoms with Crippen LogP contribution in [0.5, 0.6) is 0 Å². The van der Waals surface area contributed by atoms with Crippen LogP contribution in [0.15, 0.2) is 18.3 Å². The van der Waals surface area contributed by atoms with Crippen molar-refractivity contribution in [3.8, 4) is 0 Å². The van der Waals surface area contributed by atoms with Gasteiger partial charge in [-0.3, -0.25) is 9.59 Å². The molecule has 0 spiro atoms. The molecule has 5 nitrogen and oxygen atoms in total. The molecule has 2 N–H and O–H groups in total. The predicted molar refractivity (Wildman–Crippen MR) is 60.2 cm³/mol. The van der Waals surface area contributed by atoms with Crippen LogP contribution in [0.2, 0.25) is 0 Å². The maximum Gasteiger partial charge on any atom is 0.337 e. The summed E-state index contributed by atoms with van der Waals surface area (Å²) >= 11 is 0. The van der Waals surface area contributed by atoms with Crippen molar-refractivity contribution in [3.05, 3.63) is 35.3 Å². The Morgan fingerprint density at radius 1 is 1.22 bits per heavy atom. The summed E-state index contributed by atoms with van der Waals surface area (Å²) < 4.78 is 13.7. The largest absolute Gasteiger partial charge is 0.478 e. The number of hydrogen-bond acceptors (Lipinski definition) is 3. The van der Waals surface area contributed by atoms with Gasteiger partial charge in [-0.1, -0.05) is 0 Å². The van der Waals surface area contributed by atoms with Crippen molar-refractivity contribution in [1.82, 2.24) is 4.98 Å². The van der Waals surface area contributed by atoms with Crippen LogP contribution < -0.4 is 0 Å². The second kappa shape index (κ2) is 4.06. The lowest BCUT2D eigenvalue weighted by Gasteiger charge is -2.00. The van der Waals surface area contributed by atoms with Crippen molar-refractivity contribution in [2.75, 3.05) is 0 Å². The summed E-state index contributed by atoms with van der Waals surface area (Å²) in [5.41, 5.74) is -0.320. The van der Waals surface area contributed by atoms with Gasteiger partial charge in [0.15, 0.2) is 5.78 Å². The fourth-order valence-electron chi connectivity index (χ4n) is 1.75. The van der Waals surface area contributed by atoms with Gasteiger partial charge in [0.2, 0.25) is 5.78 Å². The van der Waals surface area contributed by atoms with E-state index in [0.717, 1.165) is 25.3 Å². The minimum atomic E-state index is -1.25. The average Bonchev–Trinajstić information content (AvgIpc) is 2.73. The van der Waals surface area contributed by atoms with E-state index >= 15 is 0 Å². The first-order valence-corrected chi connectivity index (χ1v) is 5.01. The van der Waals surface area contributed by atoms with Crippen molar-refractivity contribution in [2.24, 2.45) is 0 Å². The fraction of sp³-hybridized carbons (Fsp3) is 0.0833. The van der Waals surface area contributed by atoms with Crippen LogP contribution >= 0.6 is 0 Å². The molecule has 0 saturated heterocycles. The van der Waals surface area contributed by atoms with Crippen molar-refractivity contribution in [3.63, 3.8) is 0 Å². The van der Waals surface area contributed by atoms with Gasteiger partial charge < -0.3 is 10.1 Å². The SMILES string of the molecule is CC(=O)C(=O)c1c[nH]c2c(C(=O)O)ccc(F)c12. The van der Waals surface area contributed by atoms with E-state index in [9.17, 15) is 18.8 Å². The topological polar surface area (TPSA) is 87.2 Å². The van der Waals surface area contributed by atoms with Gasteiger partial charge in [-0.25, -0.2) is 9.18 Å². The van der Waals surface area contributed by atoms with Crippen LogP contribution in [0.4, 0.5) is 4.39 Å². The number of carboxylic acids is 1. The lowest BCUT2D eigenvalue weighted by molar-refractivity contribution is -0.113. The zero-order valence-electron chi connectivity index (χ0n) is 9.28. The Morgan fingerprint density at radius 3 is 2.44 bits per heavy atom. The van der Waals surface area contributed by atoms with Gasteiger partial charge in [-0.2, -0.15) is 0 Å². The number of rotatable bonds is 3.